The molecule has 7 heteroatoms. The number of rotatable bonds is 6. The summed E-state index contributed by atoms with van der Waals surface area (Å²) in [5.74, 6) is 1.40. The van der Waals surface area contributed by atoms with Crippen LogP contribution >= 0.6 is 35.6 Å². The molecular weight excluding hydrogens is 477 g/mol. The highest BCUT2D eigenvalue weighted by Crippen LogP contribution is 2.52. The summed E-state index contributed by atoms with van der Waals surface area (Å²) in [6, 6.07) is 8.13. The molecule has 1 aliphatic heterocycles. The number of fused-ring (bicyclic) bond motifs is 1. The summed E-state index contributed by atoms with van der Waals surface area (Å²) in [6.07, 6.45) is 1.36. The van der Waals surface area contributed by atoms with E-state index in [9.17, 15) is 0 Å². The fourth-order valence-electron chi connectivity index (χ4n) is 4.28. The van der Waals surface area contributed by atoms with Crippen molar-refractivity contribution < 1.29 is 9.47 Å². The molecule has 4 unspecified atom stereocenters. The van der Waals surface area contributed by atoms with Crippen molar-refractivity contribution >= 4 is 41.5 Å². The van der Waals surface area contributed by atoms with Gasteiger partial charge in [0.15, 0.2) is 5.96 Å². The molecule has 152 valence electrons. The average molecular weight is 508 g/mol. The van der Waals surface area contributed by atoms with Gasteiger partial charge in [-0.1, -0.05) is 37.6 Å². The lowest BCUT2D eigenvalue weighted by molar-refractivity contribution is -0.106. The molecule has 1 aromatic rings. The van der Waals surface area contributed by atoms with Gasteiger partial charge in [-0.05, 0) is 31.0 Å². The molecular formula is C20H31ClIN3O2. The second-order valence-corrected chi connectivity index (χ2v) is 8.12. The van der Waals surface area contributed by atoms with Crippen molar-refractivity contribution in [2.45, 2.75) is 45.4 Å². The van der Waals surface area contributed by atoms with E-state index in [0.29, 0.717) is 29.6 Å². The first kappa shape index (κ1) is 22.7. The summed E-state index contributed by atoms with van der Waals surface area (Å²) in [6.45, 7) is 8.83. The predicted molar refractivity (Wildman–Crippen MR) is 121 cm³/mol. The van der Waals surface area contributed by atoms with E-state index in [1.165, 1.54) is 0 Å². The fraction of sp³-hybridized carbons (Fsp3) is 0.650. The van der Waals surface area contributed by atoms with Crippen LogP contribution in [0.1, 0.15) is 38.9 Å². The lowest BCUT2D eigenvalue weighted by Gasteiger charge is -2.54. The van der Waals surface area contributed by atoms with Gasteiger partial charge >= 0.3 is 0 Å². The Hall–Kier alpha value is -0.570. The van der Waals surface area contributed by atoms with Gasteiger partial charge in [-0.3, -0.25) is 4.99 Å². The number of guanidine groups is 1. The number of halogens is 2. The minimum atomic E-state index is -0.124. The summed E-state index contributed by atoms with van der Waals surface area (Å²) in [5.41, 5.74) is 1.15. The molecule has 4 atom stereocenters. The number of hydrogen-bond donors (Lipinski definition) is 2. The van der Waals surface area contributed by atoms with Gasteiger partial charge in [0, 0.05) is 42.7 Å². The van der Waals surface area contributed by atoms with E-state index >= 15 is 0 Å². The molecule has 1 saturated carbocycles. The molecule has 0 bridgehead atoms. The number of aliphatic imine (C=N–C) groups is 1. The SMILES string of the molecule is CCNC(=NCC(OC)c1cccc(Cl)c1)NC1C2CCOC2C1(C)C.I. The van der Waals surface area contributed by atoms with Crippen LogP contribution in [0.3, 0.4) is 0 Å². The van der Waals surface area contributed by atoms with Crippen LogP contribution in [0.4, 0.5) is 0 Å². The quantitative estimate of drug-likeness (QED) is 0.347. The summed E-state index contributed by atoms with van der Waals surface area (Å²) < 4.78 is 11.5. The highest BCUT2D eigenvalue weighted by atomic mass is 127. The zero-order valence-corrected chi connectivity index (χ0v) is 19.6. The van der Waals surface area contributed by atoms with Crippen molar-refractivity contribution in [3.8, 4) is 0 Å². The highest BCUT2D eigenvalue weighted by Gasteiger charge is 2.59. The van der Waals surface area contributed by atoms with Crippen LogP contribution in [-0.4, -0.2) is 44.9 Å². The van der Waals surface area contributed by atoms with Gasteiger partial charge in [0.1, 0.15) is 6.10 Å². The maximum absolute atomic E-state index is 6.11. The number of ether oxygens (including phenoxy) is 2. The normalized spacial score (nSPS) is 27.1. The van der Waals surface area contributed by atoms with Gasteiger partial charge in [-0.15, -0.1) is 24.0 Å². The van der Waals surface area contributed by atoms with Crippen molar-refractivity contribution in [2.75, 3.05) is 26.8 Å². The van der Waals surface area contributed by atoms with Gasteiger partial charge in [-0.25, -0.2) is 0 Å². The van der Waals surface area contributed by atoms with Crippen LogP contribution in [0, 0.1) is 11.3 Å². The molecule has 0 amide bonds. The van der Waals surface area contributed by atoms with Gasteiger partial charge in [0.05, 0.1) is 12.6 Å². The van der Waals surface area contributed by atoms with E-state index in [2.05, 4.69) is 31.4 Å². The van der Waals surface area contributed by atoms with Crippen molar-refractivity contribution in [1.29, 1.82) is 0 Å². The van der Waals surface area contributed by atoms with Crippen LogP contribution < -0.4 is 10.6 Å². The average Bonchev–Trinajstić information content (AvgIpc) is 3.07. The van der Waals surface area contributed by atoms with Gasteiger partial charge in [0.2, 0.25) is 0 Å². The van der Waals surface area contributed by atoms with Gasteiger partial charge in [0.25, 0.3) is 0 Å². The first-order valence-corrected chi connectivity index (χ1v) is 9.80. The second kappa shape index (κ2) is 9.76. The Balaban J connectivity index is 0.00000261. The smallest absolute Gasteiger partial charge is 0.191 e. The number of benzene rings is 1. The van der Waals surface area contributed by atoms with Crippen molar-refractivity contribution in [3.63, 3.8) is 0 Å². The largest absolute Gasteiger partial charge is 0.377 e. The third-order valence-electron chi connectivity index (χ3n) is 5.66. The topological polar surface area (TPSA) is 54.9 Å². The first-order chi connectivity index (χ1) is 12.5. The van der Waals surface area contributed by atoms with Gasteiger partial charge in [-0.2, -0.15) is 0 Å². The Kier molecular flexibility index (Phi) is 8.21. The molecule has 3 rings (SSSR count). The van der Waals surface area contributed by atoms with E-state index in [1.54, 1.807) is 7.11 Å². The second-order valence-electron chi connectivity index (χ2n) is 7.69. The Morgan fingerprint density at radius 3 is 2.89 bits per heavy atom. The first-order valence-electron chi connectivity index (χ1n) is 9.42. The molecule has 1 saturated heterocycles. The molecule has 0 aromatic heterocycles. The molecule has 2 N–H and O–H groups in total. The monoisotopic (exact) mass is 507 g/mol. The minimum Gasteiger partial charge on any atom is -0.377 e. The van der Waals surface area contributed by atoms with E-state index in [4.69, 9.17) is 26.1 Å². The Bertz CT molecular complexity index is 656. The summed E-state index contributed by atoms with van der Waals surface area (Å²) in [4.78, 5) is 4.78. The Labute approximate surface area is 184 Å². The fourth-order valence-corrected chi connectivity index (χ4v) is 4.48. The maximum Gasteiger partial charge on any atom is 0.191 e. The van der Waals surface area contributed by atoms with Crippen molar-refractivity contribution in [1.82, 2.24) is 10.6 Å². The number of nitrogens with zero attached hydrogens (tertiary/aromatic N) is 1. The van der Waals surface area contributed by atoms with E-state index < -0.39 is 0 Å². The number of methoxy groups -OCH3 is 1. The van der Waals surface area contributed by atoms with Crippen LogP contribution in [0.5, 0.6) is 0 Å². The highest BCUT2D eigenvalue weighted by molar-refractivity contribution is 14.0. The van der Waals surface area contributed by atoms with Crippen LogP contribution in [-0.2, 0) is 9.47 Å². The summed E-state index contributed by atoms with van der Waals surface area (Å²) in [7, 11) is 1.71. The molecule has 2 fully saturated rings. The standard InChI is InChI=1S/C20H30ClN3O2.HI/c1-5-22-19(24-17-15-9-10-26-18(15)20(17,2)3)23-12-16(25-4)13-7-6-8-14(21)11-13;/h6-8,11,15-18H,5,9-10,12H2,1-4H3,(H2,22,23,24);1H. The summed E-state index contributed by atoms with van der Waals surface area (Å²) >= 11 is 6.11. The van der Waals surface area contributed by atoms with Crippen molar-refractivity contribution in [3.05, 3.63) is 34.9 Å². The Morgan fingerprint density at radius 1 is 1.44 bits per heavy atom. The molecule has 0 spiro atoms. The van der Waals surface area contributed by atoms with Crippen LogP contribution in [0.15, 0.2) is 29.3 Å². The van der Waals surface area contributed by atoms with Gasteiger partial charge < -0.3 is 20.1 Å². The third kappa shape index (κ3) is 4.89. The van der Waals surface area contributed by atoms with E-state index in [-0.39, 0.29) is 35.5 Å². The van der Waals surface area contributed by atoms with Crippen LogP contribution in [0.25, 0.3) is 0 Å². The maximum atomic E-state index is 6.11. The number of hydrogen-bond acceptors (Lipinski definition) is 3. The Morgan fingerprint density at radius 2 is 2.22 bits per heavy atom. The minimum absolute atomic E-state index is 0. The number of nitrogens with one attached hydrogen (secondary N) is 2. The lowest BCUT2D eigenvalue weighted by Crippen LogP contribution is -2.68. The molecule has 1 heterocycles. The van der Waals surface area contributed by atoms with Crippen molar-refractivity contribution in [2.24, 2.45) is 16.3 Å². The molecule has 1 aromatic carbocycles. The predicted octanol–water partition coefficient (Wildman–Crippen LogP) is 4.01. The molecule has 0 radical (unpaired) electrons. The molecule has 2 aliphatic rings. The molecule has 5 nitrogen and oxygen atoms in total. The molecule has 1 aliphatic carbocycles. The van der Waals surface area contributed by atoms with Crippen LogP contribution in [0.2, 0.25) is 5.02 Å². The molecule has 27 heavy (non-hydrogen) atoms. The third-order valence-corrected chi connectivity index (χ3v) is 5.89. The van der Waals surface area contributed by atoms with E-state index in [0.717, 1.165) is 31.1 Å². The lowest BCUT2D eigenvalue weighted by atomic mass is 9.57. The summed E-state index contributed by atoms with van der Waals surface area (Å²) in [5, 5.41) is 7.70. The van der Waals surface area contributed by atoms with E-state index in [1.807, 2.05) is 24.3 Å². The zero-order chi connectivity index (χ0) is 18.7. The zero-order valence-electron chi connectivity index (χ0n) is 16.5.